The van der Waals surface area contributed by atoms with Crippen molar-refractivity contribution in [2.75, 3.05) is 31.1 Å². The third kappa shape index (κ3) is 3.72. The van der Waals surface area contributed by atoms with Crippen molar-refractivity contribution in [3.63, 3.8) is 0 Å². The number of hydrogen-bond acceptors (Lipinski definition) is 3. The van der Waals surface area contributed by atoms with Gasteiger partial charge >= 0.3 is 0 Å². The Labute approximate surface area is 161 Å². The molecule has 2 aliphatic heterocycles. The topological polar surface area (TPSA) is 32.8 Å². The van der Waals surface area contributed by atoms with Gasteiger partial charge in [-0.05, 0) is 43.5 Å². The quantitative estimate of drug-likeness (QED) is 0.831. The number of benzene rings is 2. The number of amides is 1. The molecule has 142 valence electrons. The first-order chi connectivity index (χ1) is 13.0. The van der Waals surface area contributed by atoms with E-state index >= 15 is 0 Å². The van der Waals surface area contributed by atoms with Gasteiger partial charge in [0.1, 0.15) is 6.10 Å². The minimum Gasteiger partial charge on any atom is -0.368 e. The third-order valence-electron chi connectivity index (χ3n) is 5.78. The lowest BCUT2D eigenvalue weighted by Crippen LogP contribution is -2.54. The third-order valence-corrected chi connectivity index (χ3v) is 5.78. The van der Waals surface area contributed by atoms with E-state index in [1.165, 1.54) is 27.9 Å². The Kier molecular flexibility index (Phi) is 4.92. The van der Waals surface area contributed by atoms with Crippen molar-refractivity contribution in [2.24, 2.45) is 0 Å². The van der Waals surface area contributed by atoms with Gasteiger partial charge in [-0.2, -0.15) is 0 Å². The molecule has 0 aromatic heterocycles. The van der Waals surface area contributed by atoms with Gasteiger partial charge in [0.05, 0.1) is 6.10 Å². The standard InChI is InChI=1S/C23H28N2O2/c1-16-5-8-19(9-6-16)21-15-22(27-21)23(26)25-12-10-24(11-13-25)20-14-17(2)4-7-18(20)3/h4-9,14,21-22H,10-13,15H2,1-3H3/t21?,22-/m1/s1. The normalized spacial score (nSPS) is 22.5. The second-order valence-corrected chi connectivity index (χ2v) is 7.86. The Bertz CT molecular complexity index is 817. The van der Waals surface area contributed by atoms with Crippen LogP contribution in [0.3, 0.4) is 0 Å². The summed E-state index contributed by atoms with van der Waals surface area (Å²) in [7, 11) is 0. The summed E-state index contributed by atoms with van der Waals surface area (Å²) in [6.45, 7) is 9.65. The smallest absolute Gasteiger partial charge is 0.251 e. The van der Waals surface area contributed by atoms with Gasteiger partial charge in [0, 0.05) is 38.3 Å². The molecule has 4 rings (SSSR count). The molecular formula is C23H28N2O2. The Morgan fingerprint density at radius 1 is 0.926 bits per heavy atom. The molecule has 27 heavy (non-hydrogen) atoms. The van der Waals surface area contributed by atoms with E-state index in [1.807, 2.05) is 4.90 Å². The van der Waals surface area contributed by atoms with Gasteiger partial charge in [0.2, 0.25) is 0 Å². The molecule has 0 bridgehead atoms. The van der Waals surface area contributed by atoms with Gasteiger partial charge in [0.25, 0.3) is 5.91 Å². The highest BCUT2D eigenvalue weighted by molar-refractivity contribution is 5.82. The second-order valence-electron chi connectivity index (χ2n) is 7.86. The highest BCUT2D eigenvalue weighted by Crippen LogP contribution is 2.36. The van der Waals surface area contributed by atoms with Crippen LogP contribution in [0, 0.1) is 20.8 Å². The number of piperazine rings is 1. The van der Waals surface area contributed by atoms with Gasteiger partial charge in [-0.25, -0.2) is 0 Å². The van der Waals surface area contributed by atoms with Gasteiger partial charge < -0.3 is 14.5 Å². The molecule has 2 fully saturated rings. The maximum atomic E-state index is 12.8. The van der Waals surface area contributed by atoms with Crippen molar-refractivity contribution < 1.29 is 9.53 Å². The van der Waals surface area contributed by atoms with E-state index in [0.29, 0.717) is 0 Å². The molecule has 2 aromatic carbocycles. The summed E-state index contributed by atoms with van der Waals surface area (Å²) in [4.78, 5) is 17.1. The van der Waals surface area contributed by atoms with Crippen molar-refractivity contribution in [2.45, 2.75) is 39.4 Å². The lowest BCUT2D eigenvalue weighted by Gasteiger charge is -2.42. The molecule has 2 aliphatic rings. The first-order valence-electron chi connectivity index (χ1n) is 9.84. The minimum absolute atomic E-state index is 0.0655. The number of hydrogen-bond donors (Lipinski definition) is 0. The maximum Gasteiger partial charge on any atom is 0.251 e. The summed E-state index contributed by atoms with van der Waals surface area (Å²) in [5.74, 6) is 0.152. The number of nitrogens with zero attached hydrogens (tertiary/aromatic N) is 2. The molecule has 1 unspecified atom stereocenters. The van der Waals surface area contributed by atoms with Crippen molar-refractivity contribution in [3.8, 4) is 0 Å². The summed E-state index contributed by atoms with van der Waals surface area (Å²) >= 11 is 0. The van der Waals surface area contributed by atoms with E-state index < -0.39 is 0 Å². The predicted molar refractivity (Wildman–Crippen MR) is 108 cm³/mol. The van der Waals surface area contributed by atoms with E-state index in [1.54, 1.807) is 0 Å². The second kappa shape index (κ2) is 7.35. The van der Waals surface area contributed by atoms with Crippen LogP contribution in [0.4, 0.5) is 5.69 Å². The summed E-state index contributed by atoms with van der Waals surface area (Å²) in [6, 6.07) is 15.0. The predicted octanol–water partition coefficient (Wildman–Crippen LogP) is 3.79. The lowest BCUT2D eigenvalue weighted by molar-refractivity contribution is -0.174. The average molecular weight is 364 g/mol. The number of ether oxygens (including phenoxy) is 1. The number of carbonyl (C=O) groups is 1. The highest BCUT2D eigenvalue weighted by Gasteiger charge is 2.39. The molecule has 0 spiro atoms. The fourth-order valence-corrected chi connectivity index (χ4v) is 3.97. The van der Waals surface area contributed by atoms with Crippen molar-refractivity contribution in [3.05, 3.63) is 64.7 Å². The van der Waals surface area contributed by atoms with E-state index in [2.05, 4.69) is 68.1 Å². The zero-order valence-electron chi connectivity index (χ0n) is 16.4. The molecule has 0 aliphatic carbocycles. The molecule has 2 heterocycles. The Morgan fingerprint density at radius 2 is 1.56 bits per heavy atom. The monoisotopic (exact) mass is 364 g/mol. The number of rotatable bonds is 3. The Balaban J connectivity index is 1.30. The van der Waals surface area contributed by atoms with Gasteiger partial charge in [-0.3, -0.25) is 4.79 Å². The van der Waals surface area contributed by atoms with Crippen LogP contribution in [0.25, 0.3) is 0 Å². The van der Waals surface area contributed by atoms with Gasteiger partial charge in [-0.15, -0.1) is 0 Å². The largest absolute Gasteiger partial charge is 0.368 e. The van der Waals surface area contributed by atoms with Crippen LogP contribution < -0.4 is 4.90 Å². The molecule has 2 aromatic rings. The van der Waals surface area contributed by atoms with E-state index in [4.69, 9.17) is 4.74 Å². The molecular weight excluding hydrogens is 336 g/mol. The van der Waals surface area contributed by atoms with Crippen LogP contribution in [0.15, 0.2) is 42.5 Å². The van der Waals surface area contributed by atoms with Gasteiger partial charge in [-0.1, -0.05) is 42.0 Å². The summed E-state index contributed by atoms with van der Waals surface area (Å²) in [5, 5.41) is 0. The first-order valence-corrected chi connectivity index (χ1v) is 9.84. The van der Waals surface area contributed by atoms with Crippen LogP contribution in [0.5, 0.6) is 0 Å². The fourth-order valence-electron chi connectivity index (χ4n) is 3.97. The number of anilines is 1. The van der Waals surface area contributed by atoms with E-state index in [9.17, 15) is 4.79 Å². The van der Waals surface area contributed by atoms with Crippen LogP contribution in [-0.2, 0) is 9.53 Å². The number of carbonyl (C=O) groups excluding carboxylic acids is 1. The van der Waals surface area contributed by atoms with Crippen LogP contribution in [0.1, 0.15) is 34.8 Å². The summed E-state index contributed by atoms with van der Waals surface area (Å²) in [5.41, 5.74) is 6.28. The highest BCUT2D eigenvalue weighted by atomic mass is 16.5. The van der Waals surface area contributed by atoms with E-state index in [0.717, 1.165) is 32.6 Å². The Hall–Kier alpha value is -2.33. The summed E-state index contributed by atoms with van der Waals surface area (Å²) in [6.07, 6.45) is 0.582. The SMILES string of the molecule is Cc1ccc(C2C[C@H](C(=O)N3CCN(c4cc(C)ccc4C)CC3)O2)cc1. The fraction of sp³-hybridized carbons (Fsp3) is 0.435. The van der Waals surface area contributed by atoms with Crippen molar-refractivity contribution >= 4 is 11.6 Å². The zero-order valence-corrected chi connectivity index (χ0v) is 16.4. The van der Waals surface area contributed by atoms with Crippen LogP contribution in [-0.4, -0.2) is 43.1 Å². The van der Waals surface area contributed by atoms with Gasteiger partial charge in [0.15, 0.2) is 0 Å². The molecule has 0 saturated carbocycles. The molecule has 2 atom stereocenters. The molecule has 0 radical (unpaired) electrons. The van der Waals surface area contributed by atoms with Crippen molar-refractivity contribution in [1.29, 1.82) is 0 Å². The number of aryl methyl sites for hydroxylation is 3. The van der Waals surface area contributed by atoms with Crippen LogP contribution in [0.2, 0.25) is 0 Å². The molecule has 0 N–H and O–H groups in total. The maximum absolute atomic E-state index is 12.8. The lowest BCUT2D eigenvalue weighted by atomic mass is 9.96. The molecule has 4 heteroatoms. The average Bonchev–Trinajstić information content (AvgIpc) is 2.64. The van der Waals surface area contributed by atoms with E-state index in [-0.39, 0.29) is 18.1 Å². The zero-order chi connectivity index (χ0) is 19.0. The first kappa shape index (κ1) is 18.1. The summed E-state index contributed by atoms with van der Waals surface area (Å²) < 4.78 is 5.92. The van der Waals surface area contributed by atoms with Crippen LogP contribution >= 0.6 is 0 Å². The Morgan fingerprint density at radius 3 is 2.22 bits per heavy atom. The van der Waals surface area contributed by atoms with Crippen molar-refractivity contribution in [1.82, 2.24) is 4.90 Å². The molecule has 1 amide bonds. The minimum atomic E-state index is -0.274. The molecule has 4 nitrogen and oxygen atoms in total. The molecule has 2 saturated heterocycles.